The lowest BCUT2D eigenvalue weighted by Gasteiger charge is -2.10. The smallest absolute Gasteiger partial charge is 0.312 e. The van der Waals surface area contributed by atoms with Crippen LogP contribution in [0.5, 0.6) is 0 Å². The Morgan fingerprint density at radius 3 is 2.21 bits per heavy atom. The lowest BCUT2D eigenvalue weighted by Crippen LogP contribution is -2.31. The third-order valence-electron chi connectivity index (χ3n) is 4.83. The van der Waals surface area contributed by atoms with Crippen LogP contribution in [-0.2, 0) is 14.6 Å². The van der Waals surface area contributed by atoms with Crippen molar-refractivity contribution in [2.45, 2.75) is 23.0 Å². The molecule has 6 heteroatoms. The fourth-order valence-corrected chi connectivity index (χ4v) is 5.86. The number of hydrogen-bond donors (Lipinski definition) is 2. The van der Waals surface area contributed by atoms with Crippen LogP contribution >= 0.6 is 0 Å². The number of rotatable bonds is 5. The van der Waals surface area contributed by atoms with E-state index in [0.29, 0.717) is 5.56 Å². The zero-order chi connectivity index (χ0) is 17.5. The van der Waals surface area contributed by atoms with Gasteiger partial charge in [-0.05, 0) is 24.6 Å². The number of sulfone groups is 1. The monoisotopic (exact) mass is 345 g/mol. The van der Waals surface area contributed by atoms with Crippen LogP contribution in [0.3, 0.4) is 0 Å². The summed E-state index contributed by atoms with van der Waals surface area (Å²) in [5.74, 6) is -1.81. The SMILES string of the molecule is Cc1ccc([C@@H]2[C@@H](S(=O)(=O)c3ccccc3)[C@]2(CN)C(=O)O)cc1. The second-order valence-corrected chi connectivity index (χ2v) is 8.29. The lowest BCUT2D eigenvalue weighted by molar-refractivity contribution is -0.143. The molecule has 0 aromatic heterocycles. The third kappa shape index (κ3) is 2.34. The van der Waals surface area contributed by atoms with Gasteiger partial charge in [-0.1, -0.05) is 48.0 Å². The Hall–Kier alpha value is -2.18. The van der Waals surface area contributed by atoms with E-state index in [9.17, 15) is 18.3 Å². The quantitative estimate of drug-likeness (QED) is 0.863. The Kier molecular flexibility index (Phi) is 3.97. The summed E-state index contributed by atoms with van der Waals surface area (Å²) >= 11 is 0. The largest absolute Gasteiger partial charge is 0.481 e. The van der Waals surface area contributed by atoms with Crippen LogP contribution in [0.4, 0.5) is 0 Å². The number of carbonyl (C=O) groups is 1. The second-order valence-electron chi connectivity index (χ2n) is 6.22. The molecule has 0 aliphatic heterocycles. The van der Waals surface area contributed by atoms with E-state index in [1.54, 1.807) is 30.3 Å². The van der Waals surface area contributed by atoms with Gasteiger partial charge in [0.1, 0.15) is 5.41 Å². The average molecular weight is 345 g/mol. The van der Waals surface area contributed by atoms with Gasteiger partial charge in [0, 0.05) is 12.5 Å². The highest BCUT2D eigenvalue weighted by molar-refractivity contribution is 7.92. The summed E-state index contributed by atoms with van der Waals surface area (Å²) in [4.78, 5) is 12.0. The molecule has 5 nitrogen and oxygen atoms in total. The maximum absolute atomic E-state index is 13.0. The molecule has 0 radical (unpaired) electrons. The predicted molar refractivity (Wildman–Crippen MR) is 90.5 cm³/mol. The van der Waals surface area contributed by atoms with Crippen molar-refractivity contribution in [1.29, 1.82) is 0 Å². The molecule has 2 aromatic rings. The van der Waals surface area contributed by atoms with Gasteiger partial charge in [0.2, 0.25) is 0 Å². The van der Waals surface area contributed by atoms with E-state index in [4.69, 9.17) is 5.73 Å². The first-order valence-corrected chi connectivity index (χ1v) is 9.19. The fourth-order valence-electron chi connectivity index (χ4n) is 3.45. The van der Waals surface area contributed by atoms with Gasteiger partial charge in [0.05, 0.1) is 10.1 Å². The third-order valence-corrected chi connectivity index (χ3v) is 7.13. The molecule has 2 aromatic carbocycles. The molecular weight excluding hydrogens is 326 g/mol. The average Bonchev–Trinajstić information content (AvgIpc) is 3.28. The van der Waals surface area contributed by atoms with Crippen LogP contribution in [0.25, 0.3) is 0 Å². The Balaban J connectivity index is 2.11. The van der Waals surface area contributed by atoms with E-state index >= 15 is 0 Å². The molecule has 1 fully saturated rings. The van der Waals surface area contributed by atoms with Crippen molar-refractivity contribution in [3.05, 3.63) is 65.7 Å². The number of nitrogens with two attached hydrogens (primary N) is 1. The summed E-state index contributed by atoms with van der Waals surface area (Å²) in [6.45, 7) is 1.69. The first-order valence-electron chi connectivity index (χ1n) is 7.64. The predicted octanol–water partition coefficient (Wildman–Crippen LogP) is 1.96. The van der Waals surface area contributed by atoms with Crippen LogP contribution in [0.1, 0.15) is 17.0 Å². The van der Waals surface area contributed by atoms with Crippen LogP contribution in [0.15, 0.2) is 59.5 Å². The van der Waals surface area contributed by atoms with Crippen LogP contribution in [-0.4, -0.2) is 31.3 Å². The van der Waals surface area contributed by atoms with E-state index < -0.39 is 32.4 Å². The molecule has 0 spiro atoms. The number of aryl methyl sites for hydroxylation is 1. The van der Waals surface area contributed by atoms with Crippen molar-refractivity contribution >= 4 is 15.8 Å². The molecule has 0 amide bonds. The van der Waals surface area contributed by atoms with Gasteiger partial charge in [-0.15, -0.1) is 0 Å². The molecule has 1 aliphatic carbocycles. The van der Waals surface area contributed by atoms with E-state index in [1.165, 1.54) is 12.1 Å². The highest BCUT2D eigenvalue weighted by Gasteiger charge is 2.75. The minimum absolute atomic E-state index is 0.128. The van der Waals surface area contributed by atoms with Gasteiger partial charge in [0.15, 0.2) is 9.84 Å². The molecule has 1 aliphatic rings. The summed E-state index contributed by atoms with van der Waals surface area (Å²) < 4.78 is 26.0. The van der Waals surface area contributed by atoms with Gasteiger partial charge < -0.3 is 10.8 Å². The summed E-state index contributed by atoms with van der Waals surface area (Å²) in [6.07, 6.45) is 0. The molecule has 0 saturated heterocycles. The van der Waals surface area contributed by atoms with Crippen molar-refractivity contribution in [3.8, 4) is 0 Å². The number of benzene rings is 2. The van der Waals surface area contributed by atoms with Crippen LogP contribution < -0.4 is 5.73 Å². The standard InChI is InChI=1S/C18H19NO4S/c1-12-7-9-13(10-8-12)15-16(18(15,11-19)17(20)21)24(22,23)14-5-3-2-4-6-14/h2-10,15-16H,11,19H2,1H3,(H,20,21)/t15-,16-,18-/m1/s1. The molecule has 3 atom stereocenters. The number of hydrogen-bond acceptors (Lipinski definition) is 4. The van der Waals surface area contributed by atoms with Gasteiger partial charge >= 0.3 is 5.97 Å². The lowest BCUT2D eigenvalue weighted by atomic mass is 9.99. The fraction of sp³-hybridized carbons (Fsp3) is 0.278. The van der Waals surface area contributed by atoms with E-state index in [2.05, 4.69) is 0 Å². The van der Waals surface area contributed by atoms with Crippen LogP contribution in [0, 0.1) is 12.3 Å². The summed E-state index contributed by atoms with van der Waals surface area (Å²) in [6, 6.07) is 15.2. The van der Waals surface area contributed by atoms with Gasteiger partial charge in [0.25, 0.3) is 0 Å². The number of aliphatic carboxylic acids is 1. The highest BCUT2D eigenvalue weighted by Crippen LogP contribution is 2.63. The van der Waals surface area contributed by atoms with Crippen molar-refractivity contribution in [1.82, 2.24) is 0 Å². The molecule has 24 heavy (non-hydrogen) atoms. The molecule has 0 bridgehead atoms. The summed E-state index contributed by atoms with van der Waals surface area (Å²) in [5.41, 5.74) is 5.98. The van der Waals surface area contributed by atoms with Crippen molar-refractivity contribution in [2.75, 3.05) is 6.54 Å². The summed E-state index contributed by atoms with van der Waals surface area (Å²) in [5, 5.41) is 8.67. The normalized spacial score (nSPS) is 26.1. The zero-order valence-corrected chi connectivity index (χ0v) is 14.0. The minimum atomic E-state index is -3.80. The number of carboxylic acid groups (broad SMARTS) is 1. The van der Waals surface area contributed by atoms with Crippen molar-refractivity contribution in [2.24, 2.45) is 11.1 Å². The van der Waals surface area contributed by atoms with Gasteiger partial charge in [-0.3, -0.25) is 4.79 Å². The number of carboxylic acids is 1. The first kappa shape index (κ1) is 16.7. The first-order chi connectivity index (χ1) is 11.4. The molecule has 126 valence electrons. The minimum Gasteiger partial charge on any atom is -0.481 e. The second kappa shape index (κ2) is 5.72. The Labute approximate surface area is 141 Å². The Morgan fingerprint density at radius 1 is 1.12 bits per heavy atom. The zero-order valence-electron chi connectivity index (χ0n) is 13.2. The maximum Gasteiger partial charge on any atom is 0.312 e. The Morgan fingerprint density at radius 2 is 1.71 bits per heavy atom. The molecular formula is C18H19NO4S. The van der Waals surface area contributed by atoms with Crippen molar-refractivity contribution < 1.29 is 18.3 Å². The molecule has 0 unspecified atom stereocenters. The molecule has 0 heterocycles. The summed E-state index contributed by atoms with van der Waals surface area (Å²) in [7, 11) is -3.80. The molecule has 1 saturated carbocycles. The van der Waals surface area contributed by atoms with E-state index in [0.717, 1.165) is 5.56 Å². The van der Waals surface area contributed by atoms with Crippen LogP contribution in [0.2, 0.25) is 0 Å². The molecule has 3 rings (SSSR count). The van der Waals surface area contributed by atoms with E-state index in [1.807, 2.05) is 19.1 Å². The molecule has 3 N–H and O–H groups in total. The van der Waals surface area contributed by atoms with Crippen molar-refractivity contribution in [3.63, 3.8) is 0 Å². The maximum atomic E-state index is 13.0. The van der Waals surface area contributed by atoms with Gasteiger partial charge in [-0.25, -0.2) is 8.42 Å². The Bertz CT molecular complexity index is 862. The topological polar surface area (TPSA) is 97.5 Å². The highest BCUT2D eigenvalue weighted by atomic mass is 32.2. The van der Waals surface area contributed by atoms with E-state index in [-0.39, 0.29) is 11.4 Å². The van der Waals surface area contributed by atoms with Gasteiger partial charge in [-0.2, -0.15) is 0 Å².